The lowest BCUT2D eigenvalue weighted by molar-refractivity contribution is -0.123. The third-order valence-electron chi connectivity index (χ3n) is 3.73. The highest BCUT2D eigenvalue weighted by Crippen LogP contribution is 2.28. The average molecular weight is 384 g/mol. The summed E-state index contributed by atoms with van der Waals surface area (Å²) in [5.41, 5.74) is 6.41. The van der Waals surface area contributed by atoms with E-state index in [-0.39, 0.29) is 12.4 Å². The normalized spacial score (nSPS) is 10.3. The van der Waals surface area contributed by atoms with Crippen LogP contribution in [-0.4, -0.2) is 18.4 Å². The highest BCUT2D eigenvalue weighted by molar-refractivity contribution is 7.17. The summed E-state index contributed by atoms with van der Waals surface area (Å²) >= 11 is 1.25. The number of aryl methyl sites for hydroxylation is 1. The Morgan fingerprint density at radius 2 is 1.74 bits per heavy atom. The number of rotatable bonds is 5. The van der Waals surface area contributed by atoms with Crippen LogP contribution in [0.1, 0.15) is 15.2 Å². The van der Waals surface area contributed by atoms with E-state index in [2.05, 4.69) is 10.9 Å². The van der Waals surface area contributed by atoms with Gasteiger partial charge in [0.1, 0.15) is 11.6 Å². The number of carbonyl (C=O) groups is 2. The van der Waals surface area contributed by atoms with E-state index in [0.29, 0.717) is 10.6 Å². The fourth-order valence-electron chi connectivity index (χ4n) is 2.32. The summed E-state index contributed by atoms with van der Waals surface area (Å²) in [6, 6.07) is 16.8. The fourth-order valence-corrected chi connectivity index (χ4v) is 3.22. The van der Waals surface area contributed by atoms with Crippen molar-refractivity contribution in [3.63, 3.8) is 0 Å². The van der Waals surface area contributed by atoms with Crippen LogP contribution in [-0.2, 0) is 4.79 Å². The van der Waals surface area contributed by atoms with Crippen LogP contribution in [0, 0.1) is 12.7 Å². The molecule has 0 unspecified atom stereocenters. The summed E-state index contributed by atoms with van der Waals surface area (Å²) in [5, 5.41) is 0. The number of hydrogen-bond donors (Lipinski definition) is 2. The molecule has 1 aromatic heterocycles. The predicted molar refractivity (Wildman–Crippen MR) is 102 cm³/mol. The van der Waals surface area contributed by atoms with E-state index >= 15 is 0 Å². The Morgan fingerprint density at radius 1 is 1.00 bits per heavy atom. The summed E-state index contributed by atoms with van der Waals surface area (Å²) in [5.74, 6) is -0.607. The maximum absolute atomic E-state index is 13.0. The maximum atomic E-state index is 13.0. The number of halogens is 1. The van der Waals surface area contributed by atoms with Crippen LogP contribution in [0.15, 0.2) is 60.7 Å². The minimum Gasteiger partial charge on any atom is -0.483 e. The molecule has 2 amide bonds. The molecule has 0 radical (unpaired) electrons. The summed E-state index contributed by atoms with van der Waals surface area (Å²) in [4.78, 5) is 25.3. The zero-order chi connectivity index (χ0) is 19.2. The van der Waals surface area contributed by atoms with Crippen LogP contribution in [0.4, 0.5) is 4.39 Å². The van der Waals surface area contributed by atoms with Gasteiger partial charge in [-0.25, -0.2) is 4.39 Å². The Kier molecular flexibility index (Phi) is 5.83. The van der Waals surface area contributed by atoms with Gasteiger partial charge in [0, 0.05) is 4.88 Å². The van der Waals surface area contributed by atoms with Crippen LogP contribution in [0.25, 0.3) is 10.4 Å². The van der Waals surface area contributed by atoms with Gasteiger partial charge in [-0.15, -0.1) is 11.3 Å². The molecule has 0 spiro atoms. The van der Waals surface area contributed by atoms with Crippen LogP contribution < -0.4 is 15.6 Å². The molecule has 1 heterocycles. The fraction of sp³-hybridized carbons (Fsp3) is 0.100. The zero-order valence-electron chi connectivity index (χ0n) is 14.5. The minimum atomic E-state index is -0.470. The lowest BCUT2D eigenvalue weighted by Crippen LogP contribution is -2.43. The smallest absolute Gasteiger partial charge is 0.279 e. The van der Waals surface area contributed by atoms with E-state index in [0.717, 1.165) is 16.0 Å². The molecule has 0 aliphatic heterocycles. The molecule has 138 valence electrons. The van der Waals surface area contributed by atoms with Gasteiger partial charge in [0.25, 0.3) is 11.8 Å². The maximum Gasteiger partial charge on any atom is 0.279 e. The predicted octanol–water partition coefficient (Wildman–Crippen LogP) is 3.70. The highest BCUT2D eigenvalue weighted by Gasteiger charge is 2.12. The van der Waals surface area contributed by atoms with E-state index in [1.54, 1.807) is 30.3 Å². The van der Waals surface area contributed by atoms with Gasteiger partial charge in [0.15, 0.2) is 6.61 Å². The van der Waals surface area contributed by atoms with Crippen molar-refractivity contribution in [2.45, 2.75) is 6.92 Å². The summed E-state index contributed by atoms with van der Waals surface area (Å²) in [7, 11) is 0. The number of hydrazine groups is 1. The molecule has 3 rings (SSSR count). The van der Waals surface area contributed by atoms with Crippen molar-refractivity contribution in [1.29, 1.82) is 0 Å². The molecule has 0 aliphatic rings. The monoisotopic (exact) mass is 384 g/mol. The second kappa shape index (κ2) is 8.46. The van der Waals surface area contributed by atoms with Crippen LogP contribution in [0.3, 0.4) is 0 Å². The standard InChI is InChI=1S/C20H17FN2O3S/c1-13-4-2-3-5-16(13)26-12-19(24)22-23-20(25)18-11-10-17(27-18)14-6-8-15(21)9-7-14/h2-11H,12H2,1H3,(H,22,24)(H,23,25). The molecule has 0 saturated carbocycles. The minimum absolute atomic E-state index is 0.212. The largest absolute Gasteiger partial charge is 0.483 e. The molecule has 5 nitrogen and oxygen atoms in total. The number of thiophene rings is 1. The summed E-state index contributed by atoms with van der Waals surface area (Å²) in [6.07, 6.45) is 0. The highest BCUT2D eigenvalue weighted by atomic mass is 32.1. The van der Waals surface area contributed by atoms with E-state index in [9.17, 15) is 14.0 Å². The molecule has 0 aliphatic carbocycles. The number of carbonyl (C=O) groups excluding carboxylic acids is 2. The van der Waals surface area contributed by atoms with E-state index in [1.165, 1.54) is 23.5 Å². The molecule has 0 atom stereocenters. The van der Waals surface area contributed by atoms with Gasteiger partial charge in [-0.1, -0.05) is 30.3 Å². The van der Waals surface area contributed by atoms with Gasteiger partial charge >= 0.3 is 0 Å². The zero-order valence-corrected chi connectivity index (χ0v) is 15.3. The number of ether oxygens (including phenoxy) is 1. The molecular formula is C20H17FN2O3S. The van der Waals surface area contributed by atoms with Crippen molar-refractivity contribution in [2.24, 2.45) is 0 Å². The van der Waals surface area contributed by atoms with Crippen molar-refractivity contribution in [3.8, 4) is 16.2 Å². The van der Waals surface area contributed by atoms with Gasteiger partial charge in [0.05, 0.1) is 4.88 Å². The third kappa shape index (κ3) is 4.92. The topological polar surface area (TPSA) is 67.4 Å². The van der Waals surface area contributed by atoms with E-state index < -0.39 is 11.8 Å². The van der Waals surface area contributed by atoms with Gasteiger partial charge in [-0.3, -0.25) is 20.4 Å². The molecule has 0 bridgehead atoms. The number of para-hydroxylation sites is 1. The summed E-state index contributed by atoms with van der Waals surface area (Å²) < 4.78 is 18.4. The Hall–Kier alpha value is -3.19. The molecular weight excluding hydrogens is 367 g/mol. The van der Waals surface area contributed by atoms with Gasteiger partial charge in [-0.2, -0.15) is 0 Å². The second-order valence-electron chi connectivity index (χ2n) is 5.73. The van der Waals surface area contributed by atoms with Gasteiger partial charge in [0.2, 0.25) is 0 Å². The Morgan fingerprint density at radius 3 is 2.48 bits per heavy atom. The molecule has 3 aromatic rings. The lowest BCUT2D eigenvalue weighted by Gasteiger charge is -2.09. The molecule has 0 saturated heterocycles. The first-order chi connectivity index (χ1) is 13.0. The molecule has 2 aromatic carbocycles. The first kappa shape index (κ1) is 18.6. The number of amides is 2. The van der Waals surface area contributed by atoms with Crippen molar-refractivity contribution < 1.29 is 18.7 Å². The third-order valence-corrected chi connectivity index (χ3v) is 4.86. The first-order valence-electron chi connectivity index (χ1n) is 8.16. The van der Waals surface area contributed by atoms with Crippen LogP contribution >= 0.6 is 11.3 Å². The van der Waals surface area contributed by atoms with E-state index in [4.69, 9.17) is 4.74 Å². The Labute approximate surface area is 159 Å². The van der Waals surface area contributed by atoms with E-state index in [1.807, 2.05) is 25.1 Å². The Balaban J connectivity index is 1.51. The first-order valence-corrected chi connectivity index (χ1v) is 8.98. The number of nitrogens with one attached hydrogen (secondary N) is 2. The van der Waals surface area contributed by atoms with Crippen molar-refractivity contribution in [1.82, 2.24) is 10.9 Å². The van der Waals surface area contributed by atoms with Gasteiger partial charge < -0.3 is 4.74 Å². The van der Waals surface area contributed by atoms with Gasteiger partial charge in [-0.05, 0) is 48.4 Å². The molecule has 27 heavy (non-hydrogen) atoms. The van der Waals surface area contributed by atoms with Crippen molar-refractivity contribution in [3.05, 3.63) is 76.9 Å². The average Bonchev–Trinajstić information content (AvgIpc) is 3.16. The SMILES string of the molecule is Cc1ccccc1OCC(=O)NNC(=O)c1ccc(-c2ccc(F)cc2)s1. The van der Waals surface area contributed by atoms with Crippen molar-refractivity contribution in [2.75, 3.05) is 6.61 Å². The van der Waals surface area contributed by atoms with Crippen LogP contribution in [0.5, 0.6) is 5.75 Å². The lowest BCUT2D eigenvalue weighted by atomic mass is 10.2. The van der Waals surface area contributed by atoms with Crippen LogP contribution in [0.2, 0.25) is 0 Å². The summed E-state index contributed by atoms with van der Waals surface area (Å²) in [6.45, 7) is 1.67. The molecule has 0 fully saturated rings. The quantitative estimate of drug-likeness (QED) is 0.659. The Bertz CT molecular complexity index is 954. The number of benzene rings is 2. The second-order valence-corrected chi connectivity index (χ2v) is 6.81. The number of hydrogen-bond acceptors (Lipinski definition) is 4. The molecule has 2 N–H and O–H groups in total. The molecule has 7 heteroatoms. The van der Waals surface area contributed by atoms with Crippen molar-refractivity contribution >= 4 is 23.2 Å².